The molecule has 0 radical (unpaired) electrons. The van der Waals surface area contributed by atoms with Crippen molar-refractivity contribution < 1.29 is 0 Å². The number of halogens is 1. The maximum Gasteiger partial charge on any atom is 0.225 e. The standard InChI is InChI=1S/C10H16ClN3/c1-8-5-12-9(13-6-8)14(4)10(2,3)7-11/h5-6H,7H2,1-4H3. The molecule has 0 fully saturated rings. The Balaban J connectivity index is 2.89. The van der Waals surface area contributed by atoms with E-state index >= 15 is 0 Å². The third-order valence-corrected chi connectivity index (χ3v) is 2.96. The van der Waals surface area contributed by atoms with Gasteiger partial charge in [-0.25, -0.2) is 9.97 Å². The van der Waals surface area contributed by atoms with Crippen LogP contribution < -0.4 is 4.90 Å². The second kappa shape index (κ2) is 4.13. The van der Waals surface area contributed by atoms with Crippen LogP contribution in [-0.2, 0) is 0 Å². The van der Waals surface area contributed by atoms with Crippen molar-refractivity contribution in [1.29, 1.82) is 0 Å². The minimum Gasteiger partial charge on any atom is -0.338 e. The number of anilines is 1. The molecule has 0 N–H and O–H groups in total. The molecule has 1 rings (SSSR count). The number of nitrogens with zero attached hydrogens (tertiary/aromatic N) is 3. The molecule has 0 saturated carbocycles. The Labute approximate surface area is 90.1 Å². The summed E-state index contributed by atoms with van der Waals surface area (Å²) in [6, 6.07) is 0. The maximum atomic E-state index is 5.87. The third kappa shape index (κ3) is 2.35. The van der Waals surface area contributed by atoms with Crippen LogP contribution in [0.15, 0.2) is 12.4 Å². The predicted octanol–water partition coefficient (Wildman–Crippen LogP) is 2.24. The maximum absolute atomic E-state index is 5.87. The van der Waals surface area contributed by atoms with Crippen LogP contribution in [0.25, 0.3) is 0 Å². The SMILES string of the molecule is Cc1cnc(N(C)C(C)(C)CCl)nc1. The third-order valence-electron chi connectivity index (χ3n) is 2.30. The van der Waals surface area contributed by atoms with Crippen molar-refractivity contribution in [2.75, 3.05) is 17.8 Å². The van der Waals surface area contributed by atoms with Gasteiger partial charge in [0.25, 0.3) is 0 Å². The van der Waals surface area contributed by atoms with Gasteiger partial charge in [0, 0.05) is 25.3 Å². The zero-order chi connectivity index (χ0) is 10.8. The fourth-order valence-electron chi connectivity index (χ4n) is 0.919. The number of alkyl halides is 1. The van der Waals surface area contributed by atoms with Gasteiger partial charge < -0.3 is 4.90 Å². The van der Waals surface area contributed by atoms with Crippen LogP contribution in [0.2, 0.25) is 0 Å². The molecule has 0 bridgehead atoms. The zero-order valence-corrected chi connectivity index (χ0v) is 9.84. The Morgan fingerprint density at radius 1 is 1.36 bits per heavy atom. The molecule has 1 aromatic heterocycles. The lowest BCUT2D eigenvalue weighted by molar-refractivity contribution is 0.534. The number of rotatable bonds is 3. The van der Waals surface area contributed by atoms with E-state index in [1.54, 1.807) is 0 Å². The van der Waals surface area contributed by atoms with E-state index in [2.05, 4.69) is 23.8 Å². The van der Waals surface area contributed by atoms with E-state index in [1.165, 1.54) is 0 Å². The molecule has 78 valence electrons. The number of aromatic nitrogens is 2. The first-order chi connectivity index (χ1) is 6.47. The van der Waals surface area contributed by atoms with Gasteiger partial charge in [-0.05, 0) is 26.3 Å². The highest BCUT2D eigenvalue weighted by Gasteiger charge is 2.24. The number of aryl methyl sites for hydroxylation is 1. The molecule has 0 atom stereocenters. The number of hydrogen-bond acceptors (Lipinski definition) is 3. The van der Waals surface area contributed by atoms with Crippen molar-refractivity contribution in [1.82, 2.24) is 9.97 Å². The molecule has 0 aliphatic rings. The monoisotopic (exact) mass is 213 g/mol. The van der Waals surface area contributed by atoms with Crippen molar-refractivity contribution >= 4 is 17.5 Å². The van der Waals surface area contributed by atoms with E-state index in [4.69, 9.17) is 11.6 Å². The average molecular weight is 214 g/mol. The molecule has 14 heavy (non-hydrogen) atoms. The summed E-state index contributed by atoms with van der Waals surface area (Å²) in [6.07, 6.45) is 3.62. The molecular formula is C10H16ClN3. The molecule has 0 unspecified atom stereocenters. The topological polar surface area (TPSA) is 29.0 Å². The van der Waals surface area contributed by atoms with Gasteiger partial charge in [0.05, 0.1) is 5.54 Å². The average Bonchev–Trinajstić information content (AvgIpc) is 2.18. The molecule has 1 heterocycles. The summed E-state index contributed by atoms with van der Waals surface area (Å²) in [4.78, 5) is 10.5. The fraction of sp³-hybridized carbons (Fsp3) is 0.600. The lowest BCUT2D eigenvalue weighted by Crippen LogP contribution is -2.43. The zero-order valence-electron chi connectivity index (χ0n) is 9.08. The Kier molecular flexibility index (Phi) is 3.32. The second-order valence-corrected chi connectivity index (χ2v) is 4.33. The van der Waals surface area contributed by atoms with E-state index in [-0.39, 0.29) is 5.54 Å². The van der Waals surface area contributed by atoms with Gasteiger partial charge in [0.2, 0.25) is 5.95 Å². The van der Waals surface area contributed by atoms with Crippen molar-refractivity contribution in [3.8, 4) is 0 Å². The van der Waals surface area contributed by atoms with Crippen molar-refractivity contribution in [3.05, 3.63) is 18.0 Å². The molecule has 0 aliphatic heterocycles. The molecule has 1 aromatic rings. The summed E-state index contributed by atoms with van der Waals surface area (Å²) in [6.45, 7) is 6.09. The lowest BCUT2D eigenvalue weighted by Gasteiger charge is -2.33. The molecule has 0 aromatic carbocycles. The highest BCUT2D eigenvalue weighted by atomic mass is 35.5. The molecule has 0 spiro atoms. The number of hydrogen-bond donors (Lipinski definition) is 0. The van der Waals surface area contributed by atoms with Crippen molar-refractivity contribution in [2.45, 2.75) is 26.3 Å². The summed E-state index contributed by atoms with van der Waals surface area (Å²) in [5.74, 6) is 1.25. The van der Waals surface area contributed by atoms with Gasteiger partial charge in [-0.1, -0.05) is 0 Å². The summed E-state index contributed by atoms with van der Waals surface area (Å²) in [5.41, 5.74) is 0.933. The summed E-state index contributed by atoms with van der Waals surface area (Å²) >= 11 is 5.87. The van der Waals surface area contributed by atoms with Crippen molar-refractivity contribution in [2.24, 2.45) is 0 Å². The predicted molar refractivity (Wildman–Crippen MR) is 60.0 cm³/mol. The Morgan fingerprint density at radius 2 is 1.86 bits per heavy atom. The Bertz CT molecular complexity index is 295. The molecule has 4 heteroatoms. The summed E-state index contributed by atoms with van der Waals surface area (Å²) in [7, 11) is 1.95. The minimum absolute atomic E-state index is 0.128. The van der Waals surface area contributed by atoms with Crippen LogP contribution in [0.5, 0.6) is 0 Å². The first-order valence-corrected chi connectivity index (χ1v) is 5.09. The van der Waals surface area contributed by atoms with Gasteiger partial charge in [-0.3, -0.25) is 0 Å². The van der Waals surface area contributed by atoms with E-state index in [0.29, 0.717) is 11.8 Å². The Morgan fingerprint density at radius 3 is 2.29 bits per heavy atom. The molecular weight excluding hydrogens is 198 g/mol. The van der Waals surface area contributed by atoms with E-state index in [0.717, 1.165) is 5.56 Å². The molecule has 3 nitrogen and oxygen atoms in total. The highest BCUT2D eigenvalue weighted by Crippen LogP contribution is 2.19. The normalized spacial score (nSPS) is 11.5. The van der Waals surface area contributed by atoms with Gasteiger partial charge in [-0.15, -0.1) is 11.6 Å². The van der Waals surface area contributed by atoms with Crippen LogP contribution >= 0.6 is 11.6 Å². The van der Waals surface area contributed by atoms with Gasteiger partial charge in [0.15, 0.2) is 0 Å². The van der Waals surface area contributed by atoms with E-state index in [1.807, 2.05) is 31.3 Å². The molecule has 0 saturated heterocycles. The van der Waals surface area contributed by atoms with E-state index in [9.17, 15) is 0 Å². The van der Waals surface area contributed by atoms with Crippen molar-refractivity contribution in [3.63, 3.8) is 0 Å². The molecule has 0 aliphatic carbocycles. The largest absolute Gasteiger partial charge is 0.338 e. The van der Waals surface area contributed by atoms with Gasteiger partial charge in [0.1, 0.15) is 0 Å². The highest BCUT2D eigenvalue weighted by molar-refractivity contribution is 6.18. The summed E-state index contributed by atoms with van der Waals surface area (Å²) < 4.78 is 0. The van der Waals surface area contributed by atoms with Crippen LogP contribution in [-0.4, -0.2) is 28.4 Å². The summed E-state index contributed by atoms with van der Waals surface area (Å²) in [5, 5.41) is 0. The first-order valence-electron chi connectivity index (χ1n) is 4.56. The van der Waals surface area contributed by atoms with E-state index < -0.39 is 0 Å². The molecule has 0 amide bonds. The lowest BCUT2D eigenvalue weighted by atomic mass is 10.1. The van der Waals surface area contributed by atoms with Crippen LogP contribution in [0.1, 0.15) is 19.4 Å². The van der Waals surface area contributed by atoms with Crippen LogP contribution in [0, 0.1) is 6.92 Å². The van der Waals surface area contributed by atoms with Crippen LogP contribution in [0.4, 0.5) is 5.95 Å². The smallest absolute Gasteiger partial charge is 0.225 e. The fourth-order valence-corrected chi connectivity index (χ4v) is 1.10. The van der Waals surface area contributed by atoms with Crippen LogP contribution in [0.3, 0.4) is 0 Å². The second-order valence-electron chi connectivity index (χ2n) is 4.07. The first kappa shape index (κ1) is 11.2. The Hall–Kier alpha value is -0.830. The quantitative estimate of drug-likeness (QED) is 0.722. The van der Waals surface area contributed by atoms with Gasteiger partial charge in [-0.2, -0.15) is 0 Å². The van der Waals surface area contributed by atoms with Gasteiger partial charge >= 0.3 is 0 Å². The minimum atomic E-state index is -0.128.